The summed E-state index contributed by atoms with van der Waals surface area (Å²) in [5, 5.41) is 2.92. The number of likely N-dealkylation sites (N-methyl/N-ethyl adjacent to an activating group) is 1. The van der Waals surface area contributed by atoms with E-state index in [4.69, 9.17) is 5.73 Å². The molecule has 0 saturated carbocycles. The molecule has 0 spiro atoms. The largest absolute Gasteiger partial charge is 0.369 e. The first-order chi connectivity index (χ1) is 8.91. The molecule has 0 aliphatic carbocycles. The van der Waals surface area contributed by atoms with Gasteiger partial charge >= 0.3 is 0 Å². The number of amides is 2. The Labute approximate surface area is 113 Å². The first-order valence-electron chi connectivity index (χ1n) is 6.25. The SMILES string of the molecule is C[C@H](NC(=O)[C@H](C)N(C)CC(N)=O)c1ccccc1. The second-order valence-corrected chi connectivity index (χ2v) is 4.70. The van der Waals surface area contributed by atoms with Gasteiger partial charge in [-0.3, -0.25) is 14.5 Å². The number of carbonyl (C=O) groups excluding carboxylic acids is 2. The number of primary amides is 1. The maximum Gasteiger partial charge on any atom is 0.237 e. The van der Waals surface area contributed by atoms with Crippen LogP contribution in [0.25, 0.3) is 0 Å². The standard InChI is InChI=1S/C14H21N3O2/c1-10(12-7-5-4-6-8-12)16-14(19)11(2)17(3)9-13(15)18/h4-8,10-11H,9H2,1-3H3,(H2,15,18)(H,16,19)/t10-,11-/m0/s1. The third-order valence-corrected chi connectivity index (χ3v) is 3.10. The molecule has 0 bridgehead atoms. The maximum absolute atomic E-state index is 12.0. The molecule has 0 aliphatic heterocycles. The zero-order chi connectivity index (χ0) is 14.4. The van der Waals surface area contributed by atoms with Crippen molar-refractivity contribution in [2.24, 2.45) is 5.73 Å². The first kappa shape index (κ1) is 15.2. The molecule has 1 rings (SSSR count). The van der Waals surface area contributed by atoms with E-state index in [2.05, 4.69) is 5.32 Å². The van der Waals surface area contributed by atoms with Gasteiger partial charge in [-0.25, -0.2) is 0 Å². The van der Waals surface area contributed by atoms with Crippen LogP contribution < -0.4 is 11.1 Å². The molecule has 2 amide bonds. The van der Waals surface area contributed by atoms with Crippen LogP contribution in [0, 0.1) is 0 Å². The highest BCUT2D eigenvalue weighted by Gasteiger charge is 2.20. The van der Waals surface area contributed by atoms with Gasteiger partial charge in [-0.2, -0.15) is 0 Å². The van der Waals surface area contributed by atoms with Crippen LogP contribution >= 0.6 is 0 Å². The molecule has 104 valence electrons. The van der Waals surface area contributed by atoms with E-state index in [1.165, 1.54) is 0 Å². The van der Waals surface area contributed by atoms with Crippen LogP contribution in [-0.2, 0) is 9.59 Å². The number of benzene rings is 1. The lowest BCUT2D eigenvalue weighted by Crippen LogP contribution is -2.46. The smallest absolute Gasteiger partial charge is 0.237 e. The van der Waals surface area contributed by atoms with Crippen molar-refractivity contribution in [2.75, 3.05) is 13.6 Å². The summed E-state index contributed by atoms with van der Waals surface area (Å²) in [6.07, 6.45) is 0. The van der Waals surface area contributed by atoms with Gasteiger partial charge in [0, 0.05) is 0 Å². The number of nitrogens with one attached hydrogen (secondary N) is 1. The lowest BCUT2D eigenvalue weighted by Gasteiger charge is -2.24. The highest BCUT2D eigenvalue weighted by Crippen LogP contribution is 2.11. The highest BCUT2D eigenvalue weighted by molar-refractivity contribution is 5.83. The van der Waals surface area contributed by atoms with Crippen LogP contribution in [0.2, 0.25) is 0 Å². The van der Waals surface area contributed by atoms with E-state index in [-0.39, 0.29) is 18.5 Å². The molecule has 0 fully saturated rings. The summed E-state index contributed by atoms with van der Waals surface area (Å²) in [6, 6.07) is 9.24. The Bertz CT molecular complexity index is 434. The summed E-state index contributed by atoms with van der Waals surface area (Å²) >= 11 is 0. The van der Waals surface area contributed by atoms with Gasteiger partial charge < -0.3 is 11.1 Å². The van der Waals surface area contributed by atoms with Crippen LogP contribution in [0.5, 0.6) is 0 Å². The number of nitrogens with zero attached hydrogens (tertiary/aromatic N) is 1. The lowest BCUT2D eigenvalue weighted by atomic mass is 10.1. The first-order valence-corrected chi connectivity index (χ1v) is 6.25. The molecule has 0 unspecified atom stereocenters. The number of hydrogen-bond acceptors (Lipinski definition) is 3. The van der Waals surface area contributed by atoms with Gasteiger partial charge in [-0.05, 0) is 26.5 Å². The minimum Gasteiger partial charge on any atom is -0.369 e. The molecule has 5 heteroatoms. The average molecular weight is 263 g/mol. The third-order valence-electron chi connectivity index (χ3n) is 3.10. The second kappa shape index (κ2) is 6.89. The second-order valence-electron chi connectivity index (χ2n) is 4.70. The predicted molar refractivity (Wildman–Crippen MR) is 74.3 cm³/mol. The maximum atomic E-state index is 12.0. The quantitative estimate of drug-likeness (QED) is 0.792. The molecular formula is C14H21N3O2. The Morgan fingerprint density at radius 2 is 1.84 bits per heavy atom. The molecular weight excluding hydrogens is 242 g/mol. The van der Waals surface area contributed by atoms with Crippen molar-refractivity contribution in [3.8, 4) is 0 Å². The van der Waals surface area contributed by atoms with E-state index >= 15 is 0 Å². The molecule has 5 nitrogen and oxygen atoms in total. The molecule has 1 aromatic carbocycles. The minimum absolute atomic E-state index is 0.0638. The fraction of sp³-hybridized carbons (Fsp3) is 0.429. The molecule has 2 atom stereocenters. The van der Waals surface area contributed by atoms with Gasteiger partial charge in [0.05, 0.1) is 18.6 Å². The summed E-state index contributed by atoms with van der Waals surface area (Å²) in [6.45, 7) is 3.73. The van der Waals surface area contributed by atoms with Crippen molar-refractivity contribution in [3.05, 3.63) is 35.9 Å². The van der Waals surface area contributed by atoms with Crippen molar-refractivity contribution >= 4 is 11.8 Å². The van der Waals surface area contributed by atoms with Crippen LogP contribution in [0.3, 0.4) is 0 Å². The van der Waals surface area contributed by atoms with E-state index in [9.17, 15) is 9.59 Å². The Balaban J connectivity index is 2.57. The summed E-state index contributed by atoms with van der Waals surface area (Å²) < 4.78 is 0. The summed E-state index contributed by atoms with van der Waals surface area (Å²) in [7, 11) is 1.70. The van der Waals surface area contributed by atoms with Gasteiger partial charge in [0.1, 0.15) is 0 Å². The summed E-state index contributed by atoms with van der Waals surface area (Å²) in [5.41, 5.74) is 6.15. The normalized spacial score (nSPS) is 13.9. The Morgan fingerprint density at radius 3 is 2.37 bits per heavy atom. The molecule has 0 radical (unpaired) electrons. The molecule has 0 heterocycles. The molecule has 19 heavy (non-hydrogen) atoms. The Morgan fingerprint density at radius 1 is 1.26 bits per heavy atom. The molecule has 0 saturated heterocycles. The Kier molecular flexibility index (Phi) is 5.51. The van der Waals surface area contributed by atoms with E-state index in [0.29, 0.717) is 0 Å². The van der Waals surface area contributed by atoms with E-state index in [1.807, 2.05) is 37.3 Å². The van der Waals surface area contributed by atoms with Gasteiger partial charge in [0.15, 0.2) is 0 Å². The topological polar surface area (TPSA) is 75.4 Å². The monoisotopic (exact) mass is 263 g/mol. The Hall–Kier alpha value is -1.88. The van der Waals surface area contributed by atoms with Crippen molar-refractivity contribution in [2.45, 2.75) is 25.9 Å². The molecule has 0 aromatic heterocycles. The van der Waals surface area contributed by atoms with Crippen molar-refractivity contribution < 1.29 is 9.59 Å². The van der Waals surface area contributed by atoms with E-state index in [0.717, 1.165) is 5.56 Å². The van der Waals surface area contributed by atoms with Crippen LogP contribution in [0.1, 0.15) is 25.5 Å². The molecule has 0 aliphatic rings. The van der Waals surface area contributed by atoms with Gasteiger partial charge in [-0.1, -0.05) is 30.3 Å². The fourth-order valence-corrected chi connectivity index (χ4v) is 1.74. The lowest BCUT2D eigenvalue weighted by molar-refractivity contribution is -0.127. The van der Waals surface area contributed by atoms with Crippen molar-refractivity contribution in [3.63, 3.8) is 0 Å². The van der Waals surface area contributed by atoms with Crippen LogP contribution in [0.15, 0.2) is 30.3 Å². The number of nitrogens with two attached hydrogens (primary N) is 1. The van der Waals surface area contributed by atoms with Gasteiger partial charge in [-0.15, -0.1) is 0 Å². The molecule has 3 N–H and O–H groups in total. The minimum atomic E-state index is -0.446. The fourth-order valence-electron chi connectivity index (χ4n) is 1.74. The average Bonchev–Trinajstić information content (AvgIpc) is 2.37. The van der Waals surface area contributed by atoms with Crippen molar-refractivity contribution in [1.82, 2.24) is 10.2 Å². The number of rotatable bonds is 6. The van der Waals surface area contributed by atoms with Gasteiger partial charge in [0.25, 0.3) is 0 Å². The zero-order valence-corrected chi connectivity index (χ0v) is 11.6. The zero-order valence-electron chi connectivity index (χ0n) is 11.6. The number of hydrogen-bond donors (Lipinski definition) is 2. The summed E-state index contributed by atoms with van der Waals surface area (Å²) in [4.78, 5) is 24.5. The molecule has 1 aromatic rings. The van der Waals surface area contributed by atoms with Gasteiger partial charge in [0.2, 0.25) is 11.8 Å². The highest BCUT2D eigenvalue weighted by atomic mass is 16.2. The predicted octanol–water partition coefficient (Wildman–Crippen LogP) is 0.669. The third kappa shape index (κ3) is 4.71. The van der Waals surface area contributed by atoms with E-state index < -0.39 is 11.9 Å². The van der Waals surface area contributed by atoms with Crippen LogP contribution in [0.4, 0.5) is 0 Å². The van der Waals surface area contributed by atoms with Crippen LogP contribution in [-0.4, -0.2) is 36.3 Å². The number of carbonyl (C=O) groups is 2. The summed E-state index contributed by atoms with van der Waals surface area (Å²) in [5.74, 6) is -0.571. The van der Waals surface area contributed by atoms with E-state index in [1.54, 1.807) is 18.9 Å². The van der Waals surface area contributed by atoms with Crippen molar-refractivity contribution in [1.29, 1.82) is 0 Å².